The first-order valence-electron chi connectivity index (χ1n) is 10.0. The summed E-state index contributed by atoms with van der Waals surface area (Å²) in [5.41, 5.74) is 5.33. The van der Waals surface area contributed by atoms with Gasteiger partial charge in [0.25, 0.3) is 5.91 Å². The molecule has 1 aliphatic heterocycles. The first-order valence-corrected chi connectivity index (χ1v) is 11.1. The molecule has 1 saturated heterocycles. The molecule has 3 aromatic carbocycles. The van der Waals surface area contributed by atoms with E-state index in [1.54, 1.807) is 43.1 Å². The Hall–Kier alpha value is -3.25. The minimum Gasteiger partial charge on any atom is -0.497 e. The zero-order valence-corrected chi connectivity index (χ0v) is 18.5. The number of hydrogen-bond donors (Lipinski definition) is 1. The fourth-order valence-corrected chi connectivity index (χ4v) is 4.94. The number of aryl methyl sites for hydroxylation is 2. The van der Waals surface area contributed by atoms with Crippen molar-refractivity contribution >= 4 is 35.0 Å². The van der Waals surface area contributed by atoms with Crippen LogP contribution in [0.1, 0.15) is 32.4 Å². The Balaban J connectivity index is 1.59. The highest BCUT2D eigenvalue weighted by molar-refractivity contribution is 8.00. The number of amides is 2. The highest BCUT2D eigenvalue weighted by Crippen LogP contribution is 2.42. The minimum atomic E-state index is -0.211. The van der Waals surface area contributed by atoms with Crippen LogP contribution < -0.4 is 15.0 Å². The molecule has 0 aliphatic carbocycles. The van der Waals surface area contributed by atoms with Crippen molar-refractivity contribution in [3.63, 3.8) is 0 Å². The highest BCUT2D eigenvalue weighted by Gasteiger charge is 2.34. The van der Waals surface area contributed by atoms with E-state index in [1.165, 1.54) is 0 Å². The van der Waals surface area contributed by atoms with E-state index in [4.69, 9.17) is 4.74 Å². The predicted octanol–water partition coefficient (Wildman–Crippen LogP) is 5.34. The van der Waals surface area contributed by atoms with Crippen molar-refractivity contribution in [2.45, 2.75) is 19.2 Å². The van der Waals surface area contributed by atoms with Gasteiger partial charge in [0.1, 0.15) is 11.1 Å². The molecule has 1 unspecified atom stereocenters. The lowest BCUT2D eigenvalue weighted by Gasteiger charge is -2.25. The molecule has 3 aromatic rings. The van der Waals surface area contributed by atoms with Crippen LogP contribution in [0.2, 0.25) is 0 Å². The number of nitrogens with zero attached hydrogens (tertiary/aromatic N) is 1. The van der Waals surface area contributed by atoms with Crippen LogP contribution in [0.4, 0.5) is 11.4 Å². The molecule has 0 bridgehead atoms. The van der Waals surface area contributed by atoms with Gasteiger partial charge in [-0.1, -0.05) is 24.3 Å². The lowest BCUT2D eigenvalue weighted by atomic mass is 10.1. The van der Waals surface area contributed by atoms with Crippen molar-refractivity contribution in [1.29, 1.82) is 0 Å². The van der Waals surface area contributed by atoms with Crippen molar-refractivity contribution in [3.05, 3.63) is 89.0 Å². The van der Waals surface area contributed by atoms with Crippen LogP contribution in [0.5, 0.6) is 5.75 Å². The average molecular weight is 433 g/mol. The molecule has 0 saturated carbocycles. The first-order chi connectivity index (χ1) is 14.9. The SMILES string of the molecule is COc1cccc(C(=O)Nc2cccc(C3SCC(=O)N3c3cc(C)cc(C)c3)c2)c1. The van der Waals surface area contributed by atoms with E-state index in [1.807, 2.05) is 55.1 Å². The Bertz CT molecular complexity index is 1120. The summed E-state index contributed by atoms with van der Waals surface area (Å²) in [5, 5.41) is 2.81. The number of carbonyl (C=O) groups is 2. The molecule has 1 heterocycles. The summed E-state index contributed by atoms with van der Waals surface area (Å²) < 4.78 is 5.20. The van der Waals surface area contributed by atoms with Gasteiger partial charge in [-0.05, 0) is 73.0 Å². The Morgan fingerprint density at radius 1 is 1.03 bits per heavy atom. The molecule has 1 fully saturated rings. The van der Waals surface area contributed by atoms with Gasteiger partial charge in [0.2, 0.25) is 5.91 Å². The van der Waals surface area contributed by atoms with Crippen LogP contribution in [-0.2, 0) is 4.79 Å². The Morgan fingerprint density at radius 3 is 2.52 bits per heavy atom. The largest absolute Gasteiger partial charge is 0.497 e. The summed E-state index contributed by atoms with van der Waals surface area (Å²) in [6.07, 6.45) is 0. The molecule has 5 nitrogen and oxygen atoms in total. The van der Waals surface area contributed by atoms with Crippen LogP contribution in [0.3, 0.4) is 0 Å². The van der Waals surface area contributed by atoms with Gasteiger partial charge in [-0.15, -0.1) is 11.8 Å². The van der Waals surface area contributed by atoms with E-state index >= 15 is 0 Å². The Morgan fingerprint density at radius 2 is 1.77 bits per heavy atom. The smallest absolute Gasteiger partial charge is 0.255 e. The number of ether oxygens (including phenoxy) is 1. The van der Waals surface area contributed by atoms with Crippen molar-refractivity contribution in [3.8, 4) is 5.75 Å². The quantitative estimate of drug-likeness (QED) is 0.591. The Kier molecular flexibility index (Phi) is 6.00. The lowest BCUT2D eigenvalue weighted by Crippen LogP contribution is -2.28. The molecular formula is C25H24N2O3S. The van der Waals surface area contributed by atoms with Crippen LogP contribution in [-0.4, -0.2) is 24.7 Å². The fourth-order valence-electron chi connectivity index (χ4n) is 3.78. The molecule has 0 spiro atoms. The van der Waals surface area contributed by atoms with Gasteiger partial charge in [-0.25, -0.2) is 0 Å². The van der Waals surface area contributed by atoms with Gasteiger partial charge < -0.3 is 10.1 Å². The second-order valence-electron chi connectivity index (χ2n) is 7.58. The van der Waals surface area contributed by atoms with Crippen molar-refractivity contribution in [2.75, 3.05) is 23.1 Å². The van der Waals surface area contributed by atoms with E-state index in [0.29, 0.717) is 22.8 Å². The van der Waals surface area contributed by atoms with Gasteiger partial charge in [0.15, 0.2) is 0 Å². The number of methoxy groups -OCH3 is 1. The summed E-state index contributed by atoms with van der Waals surface area (Å²) in [5.74, 6) is 0.937. The summed E-state index contributed by atoms with van der Waals surface area (Å²) in [6.45, 7) is 4.07. The summed E-state index contributed by atoms with van der Waals surface area (Å²) >= 11 is 1.59. The third kappa shape index (κ3) is 4.59. The summed E-state index contributed by atoms with van der Waals surface area (Å²) in [6, 6.07) is 20.9. The van der Waals surface area contributed by atoms with E-state index < -0.39 is 0 Å². The van der Waals surface area contributed by atoms with Crippen molar-refractivity contribution in [2.24, 2.45) is 0 Å². The predicted molar refractivity (Wildman–Crippen MR) is 126 cm³/mol. The van der Waals surface area contributed by atoms with E-state index in [0.717, 1.165) is 22.4 Å². The molecular weight excluding hydrogens is 408 g/mol. The molecule has 6 heteroatoms. The third-order valence-corrected chi connectivity index (χ3v) is 6.33. The van der Waals surface area contributed by atoms with Gasteiger partial charge in [-0.2, -0.15) is 0 Å². The second-order valence-corrected chi connectivity index (χ2v) is 8.65. The number of carbonyl (C=O) groups excluding carboxylic acids is 2. The number of anilines is 2. The standard InChI is InChI=1S/C25H24N2O3S/c1-16-10-17(2)12-21(11-16)27-23(28)15-31-25(27)19-7-4-8-20(13-19)26-24(29)18-6-5-9-22(14-18)30-3/h4-14,25H,15H2,1-3H3,(H,26,29). The molecule has 0 radical (unpaired) electrons. The number of hydrogen-bond acceptors (Lipinski definition) is 4. The van der Waals surface area contributed by atoms with Gasteiger partial charge >= 0.3 is 0 Å². The summed E-state index contributed by atoms with van der Waals surface area (Å²) in [7, 11) is 1.57. The molecule has 158 valence electrons. The average Bonchev–Trinajstić information content (AvgIpc) is 3.14. The minimum absolute atomic E-state index is 0.0887. The van der Waals surface area contributed by atoms with Crippen molar-refractivity contribution in [1.82, 2.24) is 0 Å². The number of benzene rings is 3. The number of thioether (sulfide) groups is 1. The molecule has 4 rings (SSSR count). The normalized spacial score (nSPS) is 15.8. The number of rotatable bonds is 5. The number of nitrogens with one attached hydrogen (secondary N) is 1. The second kappa shape index (κ2) is 8.86. The van der Waals surface area contributed by atoms with Crippen molar-refractivity contribution < 1.29 is 14.3 Å². The van der Waals surface area contributed by atoms with Gasteiger partial charge in [0.05, 0.1) is 12.9 Å². The summed E-state index contributed by atoms with van der Waals surface area (Å²) in [4.78, 5) is 27.3. The van der Waals surface area contributed by atoms with Crippen LogP contribution in [0.25, 0.3) is 0 Å². The third-order valence-electron chi connectivity index (χ3n) is 5.11. The topological polar surface area (TPSA) is 58.6 Å². The highest BCUT2D eigenvalue weighted by atomic mass is 32.2. The van der Waals surface area contributed by atoms with Gasteiger partial charge in [-0.3, -0.25) is 14.5 Å². The van der Waals surface area contributed by atoms with E-state index in [9.17, 15) is 9.59 Å². The first kappa shape index (κ1) is 21.0. The fraction of sp³-hybridized carbons (Fsp3) is 0.200. The Labute approximate surface area is 186 Å². The monoisotopic (exact) mass is 432 g/mol. The van der Waals surface area contributed by atoms with Gasteiger partial charge in [0, 0.05) is 16.9 Å². The molecule has 1 atom stereocenters. The molecule has 0 aromatic heterocycles. The maximum atomic E-state index is 12.7. The lowest BCUT2D eigenvalue weighted by molar-refractivity contribution is -0.115. The zero-order chi connectivity index (χ0) is 22.0. The van der Waals surface area contributed by atoms with E-state index in [-0.39, 0.29) is 17.2 Å². The zero-order valence-electron chi connectivity index (χ0n) is 17.7. The molecule has 1 N–H and O–H groups in total. The van der Waals surface area contributed by atoms with E-state index in [2.05, 4.69) is 11.4 Å². The molecule has 31 heavy (non-hydrogen) atoms. The maximum absolute atomic E-state index is 12.7. The van der Waals surface area contributed by atoms with Crippen LogP contribution in [0.15, 0.2) is 66.7 Å². The molecule has 1 aliphatic rings. The molecule has 2 amide bonds. The maximum Gasteiger partial charge on any atom is 0.255 e. The van der Waals surface area contributed by atoms with Crippen LogP contribution >= 0.6 is 11.8 Å². The van der Waals surface area contributed by atoms with Crippen LogP contribution in [0, 0.1) is 13.8 Å².